The number of benzene rings is 1. The first kappa shape index (κ1) is 33.6. The molecular formula is C31H49N5O4. The third-order valence-electron chi connectivity index (χ3n) is 7.47. The summed E-state index contributed by atoms with van der Waals surface area (Å²) >= 11 is 0. The van der Waals surface area contributed by atoms with Crippen molar-refractivity contribution in [1.82, 2.24) is 25.8 Å². The van der Waals surface area contributed by atoms with Crippen molar-refractivity contribution in [3.8, 4) is 11.8 Å². The minimum atomic E-state index is -0.424. The van der Waals surface area contributed by atoms with E-state index in [1.54, 1.807) is 13.1 Å². The van der Waals surface area contributed by atoms with Crippen LogP contribution in [-0.2, 0) is 20.9 Å². The molecule has 0 aliphatic carbocycles. The molecule has 1 aliphatic heterocycles. The van der Waals surface area contributed by atoms with Crippen molar-refractivity contribution in [2.24, 2.45) is 0 Å². The van der Waals surface area contributed by atoms with Gasteiger partial charge in [0.1, 0.15) is 12.6 Å². The van der Waals surface area contributed by atoms with Crippen LogP contribution in [0.15, 0.2) is 18.2 Å². The van der Waals surface area contributed by atoms with E-state index in [-0.39, 0.29) is 12.3 Å². The molecule has 1 aromatic carbocycles. The first-order chi connectivity index (χ1) is 19.5. The number of amides is 1. The summed E-state index contributed by atoms with van der Waals surface area (Å²) in [5, 5.41) is 9.36. The van der Waals surface area contributed by atoms with Crippen molar-refractivity contribution < 1.29 is 19.1 Å². The van der Waals surface area contributed by atoms with Crippen LogP contribution in [0.1, 0.15) is 66.4 Å². The second-order valence-corrected chi connectivity index (χ2v) is 10.3. The monoisotopic (exact) mass is 555 g/mol. The molecule has 1 fully saturated rings. The number of hydrogen-bond acceptors (Lipinski definition) is 8. The summed E-state index contributed by atoms with van der Waals surface area (Å²) < 4.78 is 5.80. The van der Waals surface area contributed by atoms with E-state index in [0.29, 0.717) is 31.0 Å². The fourth-order valence-electron chi connectivity index (χ4n) is 4.84. The van der Waals surface area contributed by atoms with Gasteiger partial charge in [-0.1, -0.05) is 24.0 Å². The van der Waals surface area contributed by atoms with E-state index in [1.165, 1.54) is 25.9 Å². The average molecular weight is 556 g/mol. The highest BCUT2D eigenvalue weighted by molar-refractivity contribution is 5.79. The van der Waals surface area contributed by atoms with Gasteiger partial charge >= 0.3 is 0 Å². The molecule has 40 heavy (non-hydrogen) atoms. The normalized spacial score (nSPS) is 14.9. The van der Waals surface area contributed by atoms with Crippen molar-refractivity contribution in [3.63, 3.8) is 0 Å². The molecule has 0 bridgehead atoms. The summed E-state index contributed by atoms with van der Waals surface area (Å²) in [6.07, 6.45) is 7.57. The first-order valence-corrected chi connectivity index (χ1v) is 14.6. The third kappa shape index (κ3) is 12.7. The number of likely N-dealkylation sites (tertiary alicyclic amines) is 1. The number of carbonyl (C=O) groups excluding carboxylic acids is 3. The number of aldehydes is 2. The van der Waals surface area contributed by atoms with E-state index in [4.69, 9.17) is 4.74 Å². The van der Waals surface area contributed by atoms with E-state index < -0.39 is 6.04 Å². The summed E-state index contributed by atoms with van der Waals surface area (Å²) in [7, 11) is 5.45. The van der Waals surface area contributed by atoms with Crippen LogP contribution in [0.4, 0.5) is 0 Å². The van der Waals surface area contributed by atoms with Gasteiger partial charge in [0.2, 0.25) is 5.91 Å². The molecule has 2 rings (SSSR count). The Labute approximate surface area is 240 Å². The fourth-order valence-corrected chi connectivity index (χ4v) is 4.84. The van der Waals surface area contributed by atoms with Crippen LogP contribution in [0.3, 0.4) is 0 Å². The Morgan fingerprint density at radius 1 is 1.18 bits per heavy atom. The van der Waals surface area contributed by atoms with Gasteiger partial charge in [-0.25, -0.2) is 0 Å². The molecule has 3 N–H and O–H groups in total. The van der Waals surface area contributed by atoms with Gasteiger partial charge in [-0.05, 0) is 77.5 Å². The van der Waals surface area contributed by atoms with Crippen LogP contribution < -0.4 is 16.0 Å². The summed E-state index contributed by atoms with van der Waals surface area (Å²) in [4.78, 5) is 39.3. The predicted molar refractivity (Wildman–Crippen MR) is 159 cm³/mol. The third-order valence-corrected chi connectivity index (χ3v) is 7.47. The Morgan fingerprint density at radius 2 is 1.95 bits per heavy atom. The molecule has 1 aromatic rings. The van der Waals surface area contributed by atoms with Crippen LogP contribution in [0.25, 0.3) is 0 Å². The highest BCUT2D eigenvalue weighted by Gasteiger charge is 2.19. The lowest BCUT2D eigenvalue weighted by atomic mass is 10.00. The van der Waals surface area contributed by atoms with E-state index in [1.807, 2.05) is 24.1 Å². The largest absolute Gasteiger partial charge is 0.381 e. The number of hydrogen-bond donors (Lipinski definition) is 3. The molecule has 1 saturated heterocycles. The molecule has 1 atom stereocenters. The maximum atomic E-state index is 11.7. The second kappa shape index (κ2) is 20.3. The van der Waals surface area contributed by atoms with Gasteiger partial charge in [-0.3, -0.25) is 14.5 Å². The molecule has 0 spiro atoms. The quantitative estimate of drug-likeness (QED) is 0.135. The van der Waals surface area contributed by atoms with Gasteiger partial charge in [0.15, 0.2) is 0 Å². The summed E-state index contributed by atoms with van der Waals surface area (Å²) in [6.45, 7) is 7.13. The number of nitrogens with one attached hydrogen (secondary N) is 3. The summed E-state index contributed by atoms with van der Waals surface area (Å²) in [5.41, 5.74) is 2.14. The molecule has 1 amide bonds. The van der Waals surface area contributed by atoms with Gasteiger partial charge in [0, 0.05) is 69.9 Å². The highest BCUT2D eigenvalue weighted by Crippen LogP contribution is 2.17. The molecule has 0 saturated carbocycles. The molecule has 1 aliphatic rings. The van der Waals surface area contributed by atoms with Gasteiger partial charge in [0.05, 0.1) is 6.04 Å². The van der Waals surface area contributed by atoms with E-state index in [9.17, 15) is 14.4 Å². The van der Waals surface area contributed by atoms with Crippen LogP contribution in [-0.4, -0.2) is 107 Å². The zero-order chi connectivity index (χ0) is 29.0. The number of nitrogens with zero attached hydrogens (tertiary/aromatic N) is 2. The zero-order valence-corrected chi connectivity index (χ0v) is 24.7. The average Bonchev–Trinajstić information content (AvgIpc) is 2.98. The smallest absolute Gasteiger partial charge is 0.219 e. The Bertz CT molecular complexity index is 953. The van der Waals surface area contributed by atoms with Gasteiger partial charge in [-0.2, -0.15) is 0 Å². The maximum absolute atomic E-state index is 11.7. The lowest BCUT2D eigenvalue weighted by Gasteiger charge is -2.31. The number of likely N-dealkylation sites (N-methyl/N-ethyl adjacent to an activating group) is 1. The van der Waals surface area contributed by atoms with Crippen molar-refractivity contribution in [2.75, 3.05) is 67.1 Å². The van der Waals surface area contributed by atoms with Gasteiger partial charge < -0.3 is 30.4 Å². The maximum Gasteiger partial charge on any atom is 0.219 e. The molecule has 0 radical (unpaired) electrons. The molecule has 0 aromatic heterocycles. The van der Waals surface area contributed by atoms with E-state index in [0.717, 1.165) is 69.4 Å². The van der Waals surface area contributed by atoms with Crippen LogP contribution >= 0.6 is 0 Å². The van der Waals surface area contributed by atoms with Gasteiger partial charge in [-0.15, -0.1) is 0 Å². The molecular weight excluding hydrogens is 506 g/mol. The second-order valence-electron chi connectivity index (χ2n) is 10.3. The number of rotatable bonds is 19. The Hall–Kier alpha value is -2.61. The van der Waals surface area contributed by atoms with Crippen LogP contribution in [0, 0.1) is 11.8 Å². The Balaban J connectivity index is 1.66. The zero-order valence-electron chi connectivity index (χ0n) is 24.7. The first-order valence-electron chi connectivity index (χ1n) is 14.6. The van der Waals surface area contributed by atoms with Crippen LogP contribution in [0.2, 0.25) is 0 Å². The van der Waals surface area contributed by atoms with E-state index >= 15 is 0 Å². The summed E-state index contributed by atoms with van der Waals surface area (Å²) in [5.74, 6) is 6.31. The van der Waals surface area contributed by atoms with Crippen LogP contribution in [0.5, 0.6) is 0 Å². The minimum Gasteiger partial charge on any atom is -0.381 e. The Morgan fingerprint density at radius 3 is 2.65 bits per heavy atom. The minimum absolute atomic E-state index is 0.104. The molecule has 1 heterocycles. The number of ether oxygens (including phenoxy) is 1. The summed E-state index contributed by atoms with van der Waals surface area (Å²) in [6, 6.07) is 5.74. The molecule has 1 unspecified atom stereocenters. The predicted octanol–water partition coefficient (Wildman–Crippen LogP) is 1.84. The Kier molecular flexibility index (Phi) is 17.0. The SMILES string of the molecule is CNC(=O)CCC(C=O)N(C)Cc1c(C#CCCNCCCOCCCN2CCC(NC)CC2)cccc1C=O. The van der Waals surface area contributed by atoms with Crippen molar-refractivity contribution in [1.29, 1.82) is 0 Å². The number of carbonyl (C=O) groups is 3. The molecule has 9 nitrogen and oxygen atoms in total. The standard InChI is InChI=1S/C31H49N5O4/c1-32-28-14-19-36(20-15-28)18-8-22-40-21-7-17-34-16-5-4-9-26-10-6-11-27(24-37)30(26)23-35(3)29(25-38)12-13-31(39)33-2/h6,10-11,24-25,28-29,32,34H,5,7-8,12-23H2,1-3H3,(H,33,39). The molecule has 9 heteroatoms. The fraction of sp³-hybridized carbons (Fsp3) is 0.645. The van der Waals surface area contributed by atoms with Gasteiger partial charge in [0.25, 0.3) is 0 Å². The highest BCUT2D eigenvalue weighted by atomic mass is 16.5. The van der Waals surface area contributed by atoms with Crippen molar-refractivity contribution >= 4 is 18.5 Å². The van der Waals surface area contributed by atoms with Crippen molar-refractivity contribution in [2.45, 2.75) is 63.6 Å². The topological polar surface area (TPSA) is 103 Å². The van der Waals surface area contributed by atoms with Crippen molar-refractivity contribution in [3.05, 3.63) is 34.9 Å². The molecule has 222 valence electrons. The lowest BCUT2D eigenvalue weighted by Crippen LogP contribution is -2.41. The lowest BCUT2D eigenvalue weighted by molar-refractivity contribution is -0.121. The number of piperidine rings is 1. The van der Waals surface area contributed by atoms with E-state index in [2.05, 4.69) is 39.7 Å².